The van der Waals surface area contributed by atoms with Gasteiger partial charge in [0.25, 0.3) is 5.91 Å². The summed E-state index contributed by atoms with van der Waals surface area (Å²) in [4.78, 5) is 14.5. The van der Waals surface area contributed by atoms with Gasteiger partial charge in [0.05, 0.1) is 4.99 Å². The number of halogens is 1. The van der Waals surface area contributed by atoms with Crippen LogP contribution < -0.4 is 10.6 Å². The molecule has 0 aliphatic carbocycles. The lowest BCUT2D eigenvalue weighted by Crippen LogP contribution is -2.33. The summed E-state index contributed by atoms with van der Waals surface area (Å²) < 4.78 is 13.0. The number of hydrogen-bond donors (Lipinski definition) is 1. The van der Waals surface area contributed by atoms with Gasteiger partial charge in [-0.3, -0.25) is 4.79 Å². The first-order valence-corrected chi connectivity index (χ1v) is 6.89. The van der Waals surface area contributed by atoms with Crippen LogP contribution in [0, 0.1) is 5.82 Å². The van der Waals surface area contributed by atoms with Gasteiger partial charge in [-0.05, 0) is 36.4 Å². The average Bonchev–Trinajstić information content (AvgIpc) is 2.49. The van der Waals surface area contributed by atoms with E-state index < -0.39 is 0 Å². The Morgan fingerprint density at radius 1 is 1.10 bits per heavy atom. The van der Waals surface area contributed by atoms with E-state index in [1.54, 1.807) is 4.90 Å². The molecule has 1 amide bonds. The number of amides is 1. The first-order chi connectivity index (χ1) is 10.1. The molecule has 21 heavy (non-hydrogen) atoms. The fourth-order valence-corrected chi connectivity index (χ4v) is 2.02. The third-order valence-electron chi connectivity index (χ3n) is 2.99. The van der Waals surface area contributed by atoms with Gasteiger partial charge in [-0.1, -0.05) is 30.4 Å². The Morgan fingerprint density at radius 2 is 1.71 bits per heavy atom. The number of nitrogens with two attached hydrogens (primary N) is 1. The van der Waals surface area contributed by atoms with Gasteiger partial charge < -0.3 is 10.6 Å². The Kier molecular flexibility index (Phi) is 5.00. The Bertz CT molecular complexity index is 628. The van der Waals surface area contributed by atoms with Crippen LogP contribution in [0.5, 0.6) is 0 Å². The number of benzene rings is 2. The van der Waals surface area contributed by atoms with Crippen LogP contribution in [-0.2, 0) is 0 Å². The molecular weight excluding hydrogens is 287 g/mol. The minimum atomic E-state index is -0.374. The van der Waals surface area contributed by atoms with Crippen LogP contribution in [0.15, 0.2) is 54.6 Å². The summed E-state index contributed by atoms with van der Waals surface area (Å²) in [5, 5.41) is 0. The van der Waals surface area contributed by atoms with E-state index in [1.165, 1.54) is 24.3 Å². The number of rotatable bonds is 5. The molecule has 0 bridgehead atoms. The van der Waals surface area contributed by atoms with Crippen LogP contribution in [0.4, 0.5) is 10.1 Å². The summed E-state index contributed by atoms with van der Waals surface area (Å²) in [5.41, 5.74) is 6.69. The SMILES string of the molecule is NC(=S)CCN(C(=O)c1ccc(F)cc1)c1ccccc1. The number of nitrogens with zero attached hydrogens (tertiary/aromatic N) is 1. The number of anilines is 1. The molecule has 0 aromatic heterocycles. The van der Waals surface area contributed by atoms with Gasteiger partial charge in [-0.2, -0.15) is 0 Å². The molecule has 0 heterocycles. The zero-order valence-electron chi connectivity index (χ0n) is 11.3. The zero-order chi connectivity index (χ0) is 15.2. The third kappa shape index (κ3) is 4.10. The average molecular weight is 302 g/mol. The van der Waals surface area contributed by atoms with Crippen LogP contribution in [0.3, 0.4) is 0 Å². The van der Waals surface area contributed by atoms with Crippen molar-refractivity contribution in [2.45, 2.75) is 6.42 Å². The molecule has 0 radical (unpaired) electrons. The van der Waals surface area contributed by atoms with Gasteiger partial charge in [0.2, 0.25) is 0 Å². The molecule has 0 saturated heterocycles. The smallest absolute Gasteiger partial charge is 0.258 e. The molecule has 3 nitrogen and oxygen atoms in total. The maximum absolute atomic E-state index is 13.0. The van der Waals surface area contributed by atoms with E-state index in [0.29, 0.717) is 23.5 Å². The van der Waals surface area contributed by atoms with E-state index in [4.69, 9.17) is 18.0 Å². The highest BCUT2D eigenvalue weighted by molar-refractivity contribution is 7.80. The van der Waals surface area contributed by atoms with Crippen LogP contribution in [0.2, 0.25) is 0 Å². The minimum absolute atomic E-state index is 0.211. The topological polar surface area (TPSA) is 46.3 Å². The molecule has 0 unspecified atom stereocenters. The molecule has 2 aromatic rings. The number of para-hydroxylation sites is 1. The van der Waals surface area contributed by atoms with Crippen molar-refractivity contribution in [3.8, 4) is 0 Å². The van der Waals surface area contributed by atoms with Crippen LogP contribution in [0.25, 0.3) is 0 Å². The number of carbonyl (C=O) groups is 1. The monoisotopic (exact) mass is 302 g/mol. The predicted molar refractivity (Wildman–Crippen MR) is 85.9 cm³/mol. The first kappa shape index (κ1) is 15.1. The molecule has 2 N–H and O–H groups in total. The standard InChI is InChI=1S/C16H15FN2OS/c17-13-8-6-12(7-9-13)16(20)19(11-10-15(18)21)14-4-2-1-3-5-14/h1-9H,10-11H2,(H2,18,21). The molecule has 5 heteroatoms. The van der Waals surface area contributed by atoms with E-state index >= 15 is 0 Å². The molecule has 2 rings (SSSR count). The number of thiocarbonyl (C=S) groups is 1. The van der Waals surface area contributed by atoms with E-state index in [1.807, 2.05) is 30.3 Å². The van der Waals surface area contributed by atoms with Gasteiger partial charge in [0.15, 0.2) is 0 Å². The normalized spacial score (nSPS) is 10.1. The zero-order valence-corrected chi connectivity index (χ0v) is 12.1. The van der Waals surface area contributed by atoms with Crippen molar-refractivity contribution in [2.75, 3.05) is 11.4 Å². The van der Waals surface area contributed by atoms with Gasteiger partial charge in [-0.25, -0.2) is 4.39 Å². The quantitative estimate of drug-likeness (QED) is 0.863. The Morgan fingerprint density at radius 3 is 2.29 bits per heavy atom. The van der Waals surface area contributed by atoms with Crippen molar-refractivity contribution in [3.05, 3.63) is 66.0 Å². The molecular formula is C16H15FN2OS. The lowest BCUT2D eigenvalue weighted by molar-refractivity contribution is 0.0987. The summed E-state index contributed by atoms with van der Waals surface area (Å²) >= 11 is 4.87. The molecule has 0 saturated carbocycles. The fraction of sp³-hybridized carbons (Fsp3) is 0.125. The summed E-state index contributed by atoms with van der Waals surface area (Å²) in [6, 6.07) is 14.7. The Balaban J connectivity index is 2.28. The highest BCUT2D eigenvalue weighted by atomic mass is 32.1. The van der Waals surface area contributed by atoms with Crippen molar-refractivity contribution >= 4 is 28.8 Å². The predicted octanol–water partition coefficient (Wildman–Crippen LogP) is 3.15. The van der Waals surface area contributed by atoms with Gasteiger partial charge in [-0.15, -0.1) is 0 Å². The van der Waals surface area contributed by atoms with Gasteiger partial charge in [0.1, 0.15) is 5.82 Å². The largest absolute Gasteiger partial charge is 0.393 e. The third-order valence-corrected chi connectivity index (χ3v) is 3.19. The van der Waals surface area contributed by atoms with Crippen LogP contribution in [-0.4, -0.2) is 17.4 Å². The fourth-order valence-electron chi connectivity index (χ4n) is 1.93. The highest BCUT2D eigenvalue weighted by Gasteiger charge is 2.17. The second-order valence-corrected chi connectivity index (χ2v) is 5.04. The second kappa shape index (κ2) is 6.95. The van der Waals surface area contributed by atoms with Crippen molar-refractivity contribution < 1.29 is 9.18 Å². The first-order valence-electron chi connectivity index (χ1n) is 6.48. The highest BCUT2D eigenvalue weighted by Crippen LogP contribution is 2.17. The molecule has 0 aliphatic rings. The number of hydrogen-bond acceptors (Lipinski definition) is 2. The summed E-state index contributed by atoms with van der Waals surface area (Å²) in [6.45, 7) is 0.384. The van der Waals surface area contributed by atoms with Crippen LogP contribution in [0.1, 0.15) is 16.8 Å². The maximum atomic E-state index is 13.0. The van der Waals surface area contributed by atoms with E-state index in [0.717, 1.165) is 5.69 Å². The lowest BCUT2D eigenvalue weighted by Gasteiger charge is -2.22. The van der Waals surface area contributed by atoms with Crippen molar-refractivity contribution in [1.29, 1.82) is 0 Å². The van der Waals surface area contributed by atoms with Gasteiger partial charge >= 0.3 is 0 Å². The molecule has 0 atom stereocenters. The van der Waals surface area contributed by atoms with E-state index in [2.05, 4.69) is 0 Å². The van der Waals surface area contributed by atoms with Crippen LogP contribution >= 0.6 is 12.2 Å². The Labute approximate surface area is 128 Å². The summed E-state index contributed by atoms with van der Waals surface area (Å²) in [5.74, 6) is -0.585. The summed E-state index contributed by atoms with van der Waals surface area (Å²) in [6.07, 6.45) is 0.428. The van der Waals surface area contributed by atoms with Crippen molar-refractivity contribution in [3.63, 3.8) is 0 Å². The van der Waals surface area contributed by atoms with Gasteiger partial charge in [0, 0.05) is 24.2 Å². The van der Waals surface area contributed by atoms with Crippen molar-refractivity contribution in [2.24, 2.45) is 5.73 Å². The second-order valence-electron chi connectivity index (χ2n) is 4.52. The minimum Gasteiger partial charge on any atom is -0.393 e. The molecule has 0 fully saturated rings. The molecule has 0 spiro atoms. The molecule has 0 aliphatic heterocycles. The van der Waals surface area contributed by atoms with Crippen molar-refractivity contribution in [1.82, 2.24) is 0 Å². The Hall–Kier alpha value is -2.27. The lowest BCUT2D eigenvalue weighted by atomic mass is 10.1. The molecule has 2 aromatic carbocycles. The molecule has 108 valence electrons. The van der Waals surface area contributed by atoms with E-state index in [-0.39, 0.29) is 11.7 Å². The summed E-state index contributed by atoms with van der Waals surface area (Å²) in [7, 11) is 0. The van der Waals surface area contributed by atoms with E-state index in [9.17, 15) is 9.18 Å². The maximum Gasteiger partial charge on any atom is 0.258 e. The number of carbonyl (C=O) groups excluding carboxylic acids is 1.